The third-order valence-electron chi connectivity index (χ3n) is 2.07. The van der Waals surface area contributed by atoms with Crippen LogP contribution in [-0.2, 0) is 0 Å². The predicted octanol–water partition coefficient (Wildman–Crippen LogP) is 3.54. The molecule has 0 saturated heterocycles. The van der Waals surface area contributed by atoms with Crippen LogP contribution in [0.2, 0.25) is 5.02 Å². The van der Waals surface area contributed by atoms with Crippen LogP contribution in [0.3, 0.4) is 0 Å². The number of hydrogen-bond donors (Lipinski definition) is 1. The monoisotopic (exact) mass is 270 g/mol. The molecule has 0 fully saturated rings. The summed E-state index contributed by atoms with van der Waals surface area (Å²) in [7, 11) is 0. The van der Waals surface area contributed by atoms with Crippen molar-refractivity contribution in [3.63, 3.8) is 0 Å². The van der Waals surface area contributed by atoms with Gasteiger partial charge in [0.2, 0.25) is 0 Å². The molecule has 2 nitrogen and oxygen atoms in total. The normalized spacial score (nSPS) is 10.8. The fourth-order valence-electron chi connectivity index (χ4n) is 1.37. The summed E-state index contributed by atoms with van der Waals surface area (Å²) in [6, 6.07) is 5.58. The number of nitrogen functional groups attached to an aromatic ring is 1. The van der Waals surface area contributed by atoms with Gasteiger partial charge < -0.3 is 5.73 Å². The van der Waals surface area contributed by atoms with E-state index in [0.717, 1.165) is 26.0 Å². The Balaban J connectivity index is 2.94. The van der Waals surface area contributed by atoms with Crippen LogP contribution in [-0.4, -0.2) is 4.98 Å². The standard InChI is InChI=1S/C10H8BrClN2/c1-5-4-7(11)10-6(9(5)12)2-3-8(13)14-10/h2-4H,1H3,(H2,13,14). The van der Waals surface area contributed by atoms with Gasteiger partial charge in [-0.2, -0.15) is 0 Å². The van der Waals surface area contributed by atoms with E-state index in [9.17, 15) is 0 Å². The van der Waals surface area contributed by atoms with E-state index in [-0.39, 0.29) is 0 Å². The average Bonchev–Trinajstić information content (AvgIpc) is 2.14. The summed E-state index contributed by atoms with van der Waals surface area (Å²) in [6.45, 7) is 1.96. The molecule has 1 heterocycles. The van der Waals surface area contributed by atoms with Crippen molar-refractivity contribution in [1.82, 2.24) is 4.98 Å². The Bertz CT molecular complexity index is 511. The second kappa shape index (κ2) is 3.41. The summed E-state index contributed by atoms with van der Waals surface area (Å²) in [5, 5.41) is 1.66. The average molecular weight is 272 g/mol. The van der Waals surface area contributed by atoms with Gasteiger partial charge in [0.05, 0.1) is 10.5 Å². The number of aryl methyl sites for hydroxylation is 1. The van der Waals surface area contributed by atoms with Crippen molar-refractivity contribution in [2.45, 2.75) is 6.92 Å². The van der Waals surface area contributed by atoms with Crippen molar-refractivity contribution >= 4 is 44.3 Å². The van der Waals surface area contributed by atoms with Gasteiger partial charge in [-0.15, -0.1) is 0 Å². The predicted molar refractivity (Wildman–Crippen MR) is 63.6 cm³/mol. The van der Waals surface area contributed by atoms with Gasteiger partial charge in [-0.3, -0.25) is 0 Å². The quantitative estimate of drug-likeness (QED) is 0.796. The maximum Gasteiger partial charge on any atom is 0.124 e. The van der Waals surface area contributed by atoms with Gasteiger partial charge in [-0.05, 0) is 46.6 Å². The van der Waals surface area contributed by atoms with E-state index in [1.54, 1.807) is 6.07 Å². The Hall–Kier alpha value is -0.800. The maximum absolute atomic E-state index is 6.15. The molecule has 0 spiro atoms. The number of halogens is 2. The number of fused-ring (bicyclic) bond motifs is 1. The highest BCUT2D eigenvalue weighted by Gasteiger charge is 2.07. The van der Waals surface area contributed by atoms with Crippen LogP contribution >= 0.6 is 27.5 Å². The Morgan fingerprint density at radius 3 is 2.86 bits per heavy atom. The first-order valence-corrected chi connectivity index (χ1v) is 5.27. The molecular formula is C10H8BrClN2. The van der Waals surface area contributed by atoms with Crippen LogP contribution in [0.5, 0.6) is 0 Å². The lowest BCUT2D eigenvalue weighted by Crippen LogP contribution is -1.91. The van der Waals surface area contributed by atoms with Crippen molar-refractivity contribution in [3.05, 3.63) is 33.3 Å². The highest BCUT2D eigenvalue weighted by Crippen LogP contribution is 2.32. The lowest BCUT2D eigenvalue weighted by atomic mass is 10.1. The van der Waals surface area contributed by atoms with Gasteiger partial charge in [-0.1, -0.05) is 11.6 Å². The van der Waals surface area contributed by atoms with Crippen LogP contribution < -0.4 is 5.73 Å². The van der Waals surface area contributed by atoms with Crippen LogP contribution in [0, 0.1) is 6.92 Å². The van der Waals surface area contributed by atoms with Crippen LogP contribution in [0.25, 0.3) is 10.9 Å². The molecule has 14 heavy (non-hydrogen) atoms. The number of hydrogen-bond acceptors (Lipinski definition) is 2. The van der Waals surface area contributed by atoms with Gasteiger partial charge in [0.25, 0.3) is 0 Å². The zero-order valence-corrected chi connectivity index (χ0v) is 9.85. The van der Waals surface area contributed by atoms with Crippen LogP contribution in [0.4, 0.5) is 5.82 Å². The van der Waals surface area contributed by atoms with E-state index in [2.05, 4.69) is 20.9 Å². The summed E-state index contributed by atoms with van der Waals surface area (Å²) < 4.78 is 0.918. The molecule has 0 aliphatic carbocycles. The van der Waals surface area contributed by atoms with Gasteiger partial charge in [-0.25, -0.2) is 4.98 Å². The molecular weight excluding hydrogens is 263 g/mol. The van der Waals surface area contributed by atoms with E-state index in [1.807, 2.05) is 19.1 Å². The Morgan fingerprint density at radius 2 is 2.14 bits per heavy atom. The third-order valence-corrected chi connectivity index (χ3v) is 3.18. The fraction of sp³-hybridized carbons (Fsp3) is 0.100. The molecule has 72 valence electrons. The Kier molecular flexibility index (Phi) is 2.37. The van der Waals surface area contributed by atoms with Crippen LogP contribution in [0.1, 0.15) is 5.56 Å². The van der Waals surface area contributed by atoms with Crippen molar-refractivity contribution in [2.75, 3.05) is 5.73 Å². The Morgan fingerprint density at radius 1 is 1.43 bits per heavy atom. The third kappa shape index (κ3) is 1.47. The van der Waals surface area contributed by atoms with Crippen molar-refractivity contribution in [2.24, 2.45) is 0 Å². The minimum Gasteiger partial charge on any atom is -0.384 e. The van der Waals surface area contributed by atoms with Crippen molar-refractivity contribution in [3.8, 4) is 0 Å². The lowest BCUT2D eigenvalue weighted by molar-refractivity contribution is 1.38. The van der Waals surface area contributed by atoms with Crippen LogP contribution in [0.15, 0.2) is 22.7 Å². The fourth-order valence-corrected chi connectivity index (χ4v) is 2.22. The van der Waals surface area contributed by atoms with Gasteiger partial charge in [0.1, 0.15) is 5.82 Å². The molecule has 0 amide bonds. The van der Waals surface area contributed by atoms with Gasteiger partial charge in [0, 0.05) is 9.86 Å². The van der Waals surface area contributed by atoms with Gasteiger partial charge in [0.15, 0.2) is 0 Å². The minimum atomic E-state index is 0.498. The Labute approximate surface area is 95.2 Å². The van der Waals surface area contributed by atoms with E-state index in [1.165, 1.54) is 0 Å². The largest absolute Gasteiger partial charge is 0.384 e. The molecule has 1 aromatic carbocycles. The molecule has 0 saturated carbocycles. The number of anilines is 1. The SMILES string of the molecule is Cc1cc(Br)c2nc(N)ccc2c1Cl. The summed E-state index contributed by atoms with van der Waals surface area (Å²) >= 11 is 9.59. The summed E-state index contributed by atoms with van der Waals surface area (Å²) in [5.74, 6) is 0.498. The molecule has 0 aliphatic rings. The molecule has 0 unspecified atom stereocenters. The maximum atomic E-state index is 6.15. The first-order chi connectivity index (χ1) is 6.59. The van der Waals surface area contributed by atoms with Gasteiger partial charge >= 0.3 is 0 Å². The molecule has 2 N–H and O–H groups in total. The molecule has 0 aliphatic heterocycles. The number of nitrogens with two attached hydrogens (primary N) is 1. The van der Waals surface area contributed by atoms with E-state index < -0.39 is 0 Å². The number of pyridine rings is 1. The molecule has 1 aromatic heterocycles. The molecule has 0 bridgehead atoms. The highest BCUT2D eigenvalue weighted by atomic mass is 79.9. The number of rotatable bonds is 0. The van der Waals surface area contributed by atoms with E-state index >= 15 is 0 Å². The summed E-state index contributed by atoms with van der Waals surface area (Å²) in [4.78, 5) is 4.22. The zero-order valence-electron chi connectivity index (χ0n) is 7.51. The first kappa shape index (κ1) is 9.74. The second-order valence-corrected chi connectivity index (χ2v) is 4.35. The molecule has 0 radical (unpaired) electrons. The second-order valence-electron chi connectivity index (χ2n) is 3.12. The number of aromatic nitrogens is 1. The summed E-state index contributed by atoms with van der Waals surface area (Å²) in [5.41, 5.74) is 7.44. The number of nitrogens with zero attached hydrogens (tertiary/aromatic N) is 1. The summed E-state index contributed by atoms with van der Waals surface area (Å²) in [6.07, 6.45) is 0. The minimum absolute atomic E-state index is 0.498. The number of benzene rings is 1. The van der Waals surface area contributed by atoms with Crippen molar-refractivity contribution in [1.29, 1.82) is 0 Å². The molecule has 4 heteroatoms. The smallest absolute Gasteiger partial charge is 0.124 e. The molecule has 0 atom stereocenters. The van der Waals surface area contributed by atoms with E-state index in [4.69, 9.17) is 17.3 Å². The highest BCUT2D eigenvalue weighted by molar-refractivity contribution is 9.10. The van der Waals surface area contributed by atoms with E-state index in [0.29, 0.717) is 5.82 Å². The molecule has 2 rings (SSSR count). The first-order valence-electron chi connectivity index (χ1n) is 4.10. The zero-order chi connectivity index (χ0) is 10.3. The topological polar surface area (TPSA) is 38.9 Å². The lowest BCUT2D eigenvalue weighted by Gasteiger charge is -2.06. The molecule has 2 aromatic rings. The van der Waals surface area contributed by atoms with Crippen molar-refractivity contribution < 1.29 is 0 Å².